The zero-order valence-corrected chi connectivity index (χ0v) is 29.8. The summed E-state index contributed by atoms with van der Waals surface area (Å²) in [6.07, 6.45) is 0. The molecule has 10 rings (SSSR count). The average Bonchev–Trinajstić information content (AvgIpc) is 3.72. The van der Waals surface area contributed by atoms with Gasteiger partial charge in [0.1, 0.15) is 11.3 Å². The molecule has 53 heavy (non-hydrogen) atoms. The Morgan fingerprint density at radius 2 is 0.925 bits per heavy atom. The van der Waals surface area contributed by atoms with Gasteiger partial charge in [0.25, 0.3) is 0 Å². The molecule has 0 aliphatic heterocycles. The molecule has 9 aromatic rings. The zero-order chi connectivity index (χ0) is 35.5. The second-order valence-corrected chi connectivity index (χ2v) is 14.6. The van der Waals surface area contributed by atoms with Crippen LogP contribution in [0.2, 0.25) is 0 Å². The molecule has 0 spiro atoms. The third kappa shape index (κ3) is 5.18. The molecule has 1 aliphatic carbocycles. The third-order valence-corrected chi connectivity index (χ3v) is 11.0. The number of para-hydroxylation sites is 1. The van der Waals surface area contributed by atoms with Gasteiger partial charge >= 0.3 is 0 Å². The number of hydrogen-bond donors (Lipinski definition) is 0. The SMILES string of the molecule is CC1(C)c2c(-c3ccc(-c4ccc(N(c5ccc(-c6ccccc6)cc5)c5ccc6ccccc6c5)cc4)cc3)cccc2-c2oc3ccccc3c21. The van der Waals surface area contributed by atoms with Crippen molar-refractivity contribution in [2.45, 2.75) is 19.3 Å². The maximum Gasteiger partial charge on any atom is 0.139 e. The summed E-state index contributed by atoms with van der Waals surface area (Å²) in [5, 5.41) is 3.66. The van der Waals surface area contributed by atoms with Crippen molar-refractivity contribution >= 4 is 38.8 Å². The molecule has 0 unspecified atom stereocenters. The minimum Gasteiger partial charge on any atom is -0.456 e. The molecule has 1 aliphatic rings. The van der Waals surface area contributed by atoms with Crippen molar-refractivity contribution in [2.24, 2.45) is 0 Å². The molecule has 0 atom stereocenters. The van der Waals surface area contributed by atoms with Crippen LogP contribution in [0.1, 0.15) is 25.0 Å². The quantitative estimate of drug-likeness (QED) is 0.174. The molecule has 8 aromatic carbocycles. The number of rotatable bonds is 6. The van der Waals surface area contributed by atoms with E-state index in [1.807, 2.05) is 6.07 Å². The monoisotopic (exact) mass is 679 g/mol. The van der Waals surface area contributed by atoms with E-state index >= 15 is 0 Å². The van der Waals surface area contributed by atoms with Crippen LogP contribution in [0.5, 0.6) is 0 Å². The van der Waals surface area contributed by atoms with Gasteiger partial charge in [0.15, 0.2) is 0 Å². The van der Waals surface area contributed by atoms with Gasteiger partial charge in [0.05, 0.1) is 0 Å². The lowest BCUT2D eigenvalue weighted by Crippen LogP contribution is -2.16. The summed E-state index contributed by atoms with van der Waals surface area (Å²) in [7, 11) is 0. The van der Waals surface area contributed by atoms with E-state index in [2.05, 4.69) is 201 Å². The van der Waals surface area contributed by atoms with Gasteiger partial charge in [-0.15, -0.1) is 0 Å². The predicted molar refractivity (Wildman–Crippen MR) is 222 cm³/mol. The summed E-state index contributed by atoms with van der Waals surface area (Å²) in [5.74, 6) is 1.01. The predicted octanol–water partition coefficient (Wildman–Crippen LogP) is 14.4. The van der Waals surface area contributed by atoms with E-state index in [-0.39, 0.29) is 5.41 Å². The molecular weight excluding hydrogens is 643 g/mol. The van der Waals surface area contributed by atoms with E-state index in [0.717, 1.165) is 28.4 Å². The Kier molecular flexibility index (Phi) is 7.19. The highest BCUT2D eigenvalue weighted by Crippen LogP contribution is 2.55. The Labute approximate surface area is 310 Å². The summed E-state index contributed by atoms with van der Waals surface area (Å²) in [4.78, 5) is 2.35. The van der Waals surface area contributed by atoms with E-state index in [0.29, 0.717) is 0 Å². The van der Waals surface area contributed by atoms with E-state index in [4.69, 9.17) is 4.42 Å². The van der Waals surface area contributed by atoms with Crippen molar-refractivity contribution in [1.29, 1.82) is 0 Å². The lowest BCUT2D eigenvalue weighted by atomic mass is 9.78. The maximum absolute atomic E-state index is 6.46. The van der Waals surface area contributed by atoms with Crippen LogP contribution in [0.4, 0.5) is 17.1 Å². The minimum absolute atomic E-state index is 0.179. The van der Waals surface area contributed by atoms with Gasteiger partial charge in [0.2, 0.25) is 0 Å². The molecule has 0 bridgehead atoms. The summed E-state index contributed by atoms with van der Waals surface area (Å²) in [6, 6.07) is 67.7. The van der Waals surface area contributed by atoms with Crippen LogP contribution < -0.4 is 4.90 Å². The van der Waals surface area contributed by atoms with E-state index in [1.165, 1.54) is 66.2 Å². The number of nitrogens with zero attached hydrogens (tertiary/aromatic N) is 1. The van der Waals surface area contributed by atoms with Crippen LogP contribution in [-0.4, -0.2) is 0 Å². The standard InChI is InChI=1S/C51H37NO/c1-51(2)48-44(16-10-17-46(48)50-49(51)45-15-8-9-18-47(45)53-50)39-21-19-36(20-22-39)38-25-30-42(31-26-38)52(43-32-27-35-13-6-7-14-40(35)33-43)41-28-23-37(24-29-41)34-11-4-3-5-12-34/h3-33H,1-2H3. The Bertz CT molecular complexity index is 2770. The summed E-state index contributed by atoms with van der Waals surface area (Å²) in [5.41, 5.74) is 15.2. The normalized spacial score (nSPS) is 12.9. The molecule has 0 saturated heterocycles. The number of benzene rings is 8. The van der Waals surface area contributed by atoms with Gasteiger partial charge in [-0.3, -0.25) is 0 Å². The van der Waals surface area contributed by atoms with Crippen LogP contribution in [0.25, 0.3) is 66.4 Å². The molecule has 0 amide bonds. The number of hydrogen-bond acceptors (Lipinski definition) is 2. The average molecular weight is 680 g/mol. The largest absolute Gasteiger partial charge is 0.456 e. The van der Waals surface area contributed by atoms with E-state index in [1.54, 1.807) is 0 Å². The van der Waals surface area contributed by atoms with Gasteiger partial charge < -0.3 is 9.32 Å². The van der Waals surface area contributed by atoms with Gasteiger partial charge in [-0.05, 0) is 92.2 Å². The number of furan rings is 1. The van der Waals surface area contributed by atoms with Gasteiger partial charge in [0, 0.05) is 39.0 Å². The summed E-state index contributed by atoms with van der Waals surface area (Å²) in [6.45, 7) is 4.66. The van der Waals surface area contributed by atoms with E-state index < -0.39 is 0 Å². The van der Waals surface area contributed by atoms with Gasteiger partial charge in [-0.25, -0.2) is 0 Å². The molecule has 0 fully saturated rings. The Hall–Kier alpha value is -6.64. The fraction of sp³-hybridized carbons (Fsp3) is 0.0588. The van der Waals surface area contributed by atoms with E-state index in [9.17, 15) is 0 Å². The first-order valence-corrected chi connectivity index (χ1v) is 18.3. The summed E-state index contributed by atoms with van der Waals surface area (Å²) >= 11 is 0. The molecule has 2 heteroatoms. The fourth-order valence-electron chi connectivity index (χ4n) is 8.48. The van der Waals surface area contributed by atoms with Crippen LogP contribution in [0, 0.1) is 0 Å². The smallest absolute Gasteiger partial charge is 0.139 e. The first-order valence-electron chi connectivity index (χ1n) is 18.3. The minimum atomic E-state index is -0.179. The van der Waals surface area contributed by atoms with Crippen LogP contribution >= 0.6 is 0 Å². The lowest BCUT2D eigenvalue weighted by Gasteiger charge is -2.26. The zero-order valence-electron chi connectivity index (χ0n) is 29.8. The molecule has 0 radical (unpaired) electrons. The first-order chi connectivity index (χ1) is 26.0. The Morgan fingerprint density at radius 3 is 1.62 bits per heavy atom. The topological polar surface area (TPSA) is 16.4 Å². The second kappa shape index (κ2) is 12.3. The van der Waals surface area contributed by atoms with Crippen LogP contribution in [-0.2, 0) is 5.41 Å². The molecule has 2 nitrogen and oxygen atoms in total. The van der Waals surface area contributed by atoms with Crippen molar-refractivity contribution in [1.82, 2.24) is 0 Å². The molecule has 0 N–H and O–H groups in total. The van der Waals surface area contributed by atoms with Crippen molar-refractivity contribution in [3.8, 4) is 44.7 Å². The van der Waals surface area contributed by atoms with Crippen LogP contribution in [0.15, 0.2) is 192 Å². The van der Waals surface area contributed by atoms with Crippen molar-refractivity contribution in [3.63, 3.8) is 0 Å². The highest BCUT2D eigenvalue weighted by atomic mass is 16.3. The van der Waals surface area contributed by atoms with Crippen molar-refractivity contribution in [2.75, 3.05) is 4.90 Å². The molecule has 252 valence electrons. The number of fused-ring (bicyclic) bond motifs is 6. The van der Waals surface area contributed by atoms with Gasteiger partial charge in [-0.1, -0.05) is 159 Å². The highest BCUT2D eigenvalue weighted by molar-refractivity contribution is 5.97. The van der Waals surface area contributed by atoms with Gasteiger partial charge in [-0.2, -0.15) is 0 Å². The van der Waals surface area contributed by atoms with Crippen molar-refractivity contribution < 1.29 is 4.42 Å². The molecular formula is C51H37NO. The molecule has 1 aromatic heterocycles. The lowest BCUT2D eigenvalue weighted by molar-refractivity contribution is 0.619. The fourth-order valence-corrected chi connectivity index (χ4v) is 8.48. The Morgan fingerprint density at radius 1 is 0.396 bits per heavy atom. The third-order valence-electron chi connectivity index (χ3n) is 11.0. The van der Waals surface area contributed by atoms with Crippen molar-refractivity contribution in [3.05, 3.63) is 199 Å². The first kappa shape index (κ1) is 31.1. The van der Waals surface area contributed by atoms with Crippen LogP contribution in [0.3, 0.4) is 0 Å². The number of anilines is 3. The summed E-state index contributed by atoms with van der Waals surface area (Å²) < 4.78 is 6.46. The molecule has 1 heterocycles. The highest BCUT2D eigenvalue weighted by Gasteiger charge is 2.41. The second-order valence-electron chi connectivity index (χ2n) is 14.6. The Balaban J connectivity index is 0.984. The molecule has 0 saturated carbocycles. The maximum atomic E-state index is 6.46.